The van der Waals surface area contributed by atoms with Gasteiger partial charge in [-0.05, 0) is 41.8 Å². The molecule has 0 aliphatic carbocycles. The van der Waals surface area contributed by atoms with Crippen LogP contribution in [0.1, 0.15) is 25.0 Å². The van der Waals surface area contributed by atoms with E-state index in [-0.39, 0.29) is 11.5 Å². The molecule has 2 aromatic rings. The number of nitrogens with one attached hydrogen (secondary N) is 1. The van der Waals surface area contributed by atoms with Gasteiger partial charge in [-0.1, -0.05) is 31.2 Å². The van der Waals surface area contributed by atoms with Crippen LogP contribution in [0.15, 0.2) is 54.3 Å². The van der Waals surface area contributed by atoms with Gasteiger partial charge in [-0.2, -0.15) is 0 Å². The molecule has 2 aromatic carbocycles. The van der Waals surface area contributed by atoms with E-state index in [9.17, 15) is 19.5 Å². The summed E-state index contributed by atoms with van der Waals surface area (Å²) in [6, 6.07) is 13.4. The highest BCUT2D eigenvalue weighted by molar-refractivity contribution is 6.44. The summed E-state index contributed by atoms with van der Waals surface area (Å²) in [6.07, 6.45) is 0.845. The Kier molecular flexibility index (Phi) is 4.58. The van der Waals surface area contributed by atoms with Crippen LogP contribution >= 0.6 is 0 Å². The number of nitrogens with zero attached hydrogens (tertiary/aromatic N) is 1. The quantitative estimate of drug-likeness (QED) is 0.830. The molecule has 0 bridgehead atoms. The van der Waals surface area contributed by atoms with E-state index in [0.29, 0.717) is 16.9 Å². The van der Waals surface area contributed by atoms with Gasteiger partial charge in [-0.15, -0.1) is 0 Å². The molecule has 0 saturated carbocycles. The Morgan fingerprint density at radius 3 is 2.15 bits per heavy atom. The van der Waals surface area contributed by atoms with Crippen LogP contribution in [0.5, 0.6) is 0 Å². The maximum Gasteiger partial charge on any atom is 0.301 e. The maximum atomic E-state index is 12.8. The van der Waals surface area contributed by atoms with Gasteiger partial charge in [-0.25, -0.2) is 4.90 Å². The smallest absolute Gasteiger partial charge is 0.301 e. The van der Waals surface area contributed by atoms with Crippen molar-refractivity contribution in [1.29, 1.82) is 0 Å². The lowest BCUT2D eigenvalue weighted by molar-refractivity contribution is -0.121. The predicted molar refractivity (Wildman–Crippen MR) is 98.6 cm³/mol. The molecule has 3 amide bonds. The number of anilines is 2. The summed E-state index contributed by atoms with van der Waals surface area (Å²) in [6.45, 7) is 3.40. The fourth-order valence-electron chi connectivity index (χ4n) is 2.82. The standard InChI is InChI=1S/C20H18N2O4/c1-3-13-4-10-16(11-5-13)22-19(25)17(18(24)20(22)26)14-6-8-15(9-7-14)21-12(2)23/h4-11,24H,3H2,1-2H3,(H,21,23). The second-order valence-electron chi connectivity index (χ2n) is 5.95. The van der Waals surface area contributed by atoms with Crippen LogP contribution in [0.4, 0.5) is 11.4 Å². The Morgan fingerprint density at radius 2 is 1.62 bits per heavy atom. The number of rotatable bonds is 4. The Labute approximate surface area is 150 Å². The lowest BCUT2D eigenvalue weighted by atomic mass is 10.0. The van der Waals surface area contributed by atoms with Crippen LogP contribution in [0.3, 0.4) is 0 Å². The van der Waals surface area contributed by atoms with Crippen LogP contribution in [0, 0.1) is 0 Å². The zero-order chi connectivity index (χ0) is 18.8. The van der Waals surface area contributed by atoms with Crippen molar-refractivity contribution < 1.29 is 19.5 Å². The average molecular weight is 350 g/mol. The number of hydrogen-bond donors (Lipinski definition) is 2. The van der Waals surface area contributed by atoms with Gasteiger partial charge < -0.3 is 10.4 Å². The minimum atomic E-state index is -0.750. The van der Waals surface area contributed by atoms with Crippen LogP contribution < -0.4 is 10.2 Å². The molecule has 0 unspecified atom stereocenters. The summed E-state index contributed by atoms with van der Waals surface area (Å²) in [5.41, 5.74) is 2.41. The number of carbonyl (C=O) groups is 3. The summed E-state index contributed by atoms with van der Waals surface area (Å²) < 4.78 is 0. The molecule has 132 valence electrons. The number of aliphatic hydroxyl groups is 1. The topological polar surface area (TPSA) is 86.7 Å². The lowest BCUT2D eigenvalue weighted by Gasteiger charge is -2.15. The zero-order valence-electron chi connectivity index (χ0n) is 14.4. The van der Waals surface area contributed by atoms with Crippen molar-refractivity contribution in [3.63, 3.8) is 0 Å². The second kappa shape index (κ2) is 6.84. The predicted octanol–water partition coefficient (Wildman–Crippen LogP) is 3.05. The molecule has 2 N–H and O–H groups in total. The monoisotopic (exact) mass is 350 g/mol. The SMILES string of the molecule is CCc1ccc(N2C(=O)C(O)=C(c3ccc(NC(C)=O)cc3)C2=O)cc1. The molecule has 3 rings (SSSR count). The highest BCUT2D eigenvalue weighted by Gasteiger charge is 2.40. The zero-order valence-corrected chi connectivity index (χ0v) is 14.4. The van der Waals surface area contributed by atoms with E-state index in [1.54, 1.807) is 36.4 Å². The molecule has 0 spiro atoms. The van der Waals surface area contributed by atoms with Crippen LogP contribution in [0.2, 0.25) is 0 Å². The van der Waals surface area contributed by atoms with E-state index in [1.165, 1.54) is 6.92 Å². The van der Waals surface area contributed by atoms with Crippen LogP contribution in [0.25, 0.3) is 5.57 Å². The number of amides is 3. The fraction of sp³-hybridized carbons (Fsp3) is 0.150. The van der Waals surface area contributed by atoms with E-state index in [4.69, 9.17) is 0 Å². The molecule has 26 heavy (non-hydrogen) atoms. The first-order valence-electron chi connectivity index (χ1n) is 8.21. The van der Waals surface area contributed by atoms with E-state index in [2.05, 4.69) is 5.32 Å². The van der Waals surface area contributed by atoms with Crippen molar-refractivity contribution in [1.82, 2.24) is 0 Å². The minimum absolute atomic E-state index is 0.0519. The molecular formula is C20H18N2O4. The fourth-order valence-corrected chi connectivity index (χ4v) is 2.82. The molecule has 0 radical (unpaired) electrons. The Balaban J connectivity index is 1.92. The van der Waals surface area contributed by atoms with E-state index in [1.807, 2.05) is 19.1 Å². The van der Waals surface area contributed by atoms with E-state index < -0.39 is 17.6 Å². The van der Waals surface area contributed by atoms with Crippen molar-refractivity contribution in [2.75, 3.05) is 10.2 Å². The Hall–Kier alpha value is -3.41. The number of aryl methyl sites for hydroxylation is 1. The van der Waals surface area contributed by atoms with E-state index >= 15 is 0 Å². The first kappa shape index (κ1) is 17.4. The second-order valence-corrected chi connectivity index (χ2v) is 5.95. The maximum absolute atomic E-state index is 12.8. The van der Waals surface area contributed by atoms with Gasteiger partial charge in [0.15, 0.2) is 5.76 Å². The van der Waals surface area contributed by atoms with Crippen LogP contribution in [-0.4, -0.2) is 22.8 Å². The molecule has 1 aliphatic heterocycles. The Bertz CT molecular complexity index is 912. The molecule has 6 heteroatoms. The number of hydrogen-bond acceptors (Lipinski definition) is 4. The van der Waals surface area contributed by atoms with Gasteiger partial charge in [0.2, 0.25) is 5.91 Å². The summed E-state index contributed by atoms with van der Waals surface area (Å²) in [5, 5.41) is 12.8. The Morgan fingerprint density at radius 1 is 1.00 bits per heavy atom. The summed E-state index contributed by atoms with van der Waals surface area (Å²) in [7, 11) is 0. The lowest BCUT2D eigenvalue weighted by Crippen LogP contribution is -2.31. The summed E-state index contributed by atoms with van der Waals surface area (Å²) in [5.74, 6) is -2.13. The third-order valence-electron chi connectivity index (χ3n) is 4.16. The number of benzene rings is 2. The molecule has 0 atom stereocenters. The number of aliphatic hydroxyl groups excluding tert-OH is 1. The summed E-state index contributed by atoms with van der Waals surface area (Å²) >= 11 is 0. The molecule has 0 saturated heterocycles. The first-order valence-corrected chi connectivity index (χ1v) is 8.21. The third kappa shape index (κ3) is 3.09. The van der Waals surface area contributed by atoms with Gasteiger partial charge in [0.1, 0.15) is 0 Å². The first-order chi connectivity index (χ1) is 12.4. The molecular weight excluding hydrogens is 332 g/mol. The van der Waals surface area contributed by atoms with Crippen molar-refractivity contribution in [3.05, 3.63) is 65.4 Å². The van der Waals surface area contributed by atoms with Gasteiger partial charge in [0, 0.05) is 12.6 Å². The van der Waals surface area contributed by atoms with Crippen molar-refractivity contribution >= 4 is 34.7 Å². The highest BCUT2D eigenvalue weighted by atomic mass is 16.3. The number of carbonyl (C=O) groups excluding carboxylic acids is 3. The van der Waals surface area contributed by atoms with Gasteiger partial charge in [-0.3, -0.25) is 14.4 Å². The normalized spacial score (nSPS) is 14.2. The van der Waals surface area contributed by atoms with Crippen molar-refractivity contribution in [2.24, 2.45) is 0 Å². The van der Waals surface area contributed by atoms with E-state index in [0.717, 1.165) is 16.9 Å². The minimum Gasteiger partial charge on any atom is -0.502 e. The molecule has 1 aliphatic rings. The highest BCUT2D eigenvalue weighted by Crippen LogP contribution is 2.32. The third-order valence-corrected chi connectivity index (χ3v) is 4.16. The number of imide groups is 1. The summed E-state index contributed by atoms with van der Waals surface area (Å²) in [4.78, 5) is 37.2. The molecule has 0 aromatic heterocycles. The van der Waals surface area contributed by atoms with Crippen LogP contribution in [-0.2, 0) is 20.8 Å². The largest absolute Gasteiger partial charge is 0.502 e. The molecule has 1 heterocycles. The van der Waals surface area contributed by atoms with Gasteiger partial charge in [0.05, 0.1) is 11.3 Å². The van der Waals surface area contributed by atoms with Crippen molar-refractivity contribution in [2.45, 2.75) is 20.3 Å². The average Bonchev–Trinajstić information content (AvgIpc) is 2.85. The van der Waals surface area contributed by atoms with Gasteiger partial charge in [0.25, 0.3) is 5.91 Å². The molecule has 6 nitrogen and oxygen atoms in total. The molecule has 0 fully saturated rings. The van der Waals surface area contributed by atoms with Gasteiger partial charge >= 0.3 is 5.91 Å². The van der Waals surface area contributed by atoms with Crippen molar-refractivity contribution in [3.8, 4) is 0 Å².